The molecule has 2 aromatic rings. The maximum atomic E-state index is 10.9. The van der Waals surface area contributed by atoms with E-state index in [4.69, 9.17) is 5.11 Å². The van der Waals surface area contributed by atoms with Crippen molar-refractivity contribution in [3.05, 3.63) is 34.4 Å². The molecule has 0 aliphatic carbocycles. The fraction of sp³-hybridized carbons (Fsp3) is 0.308. The van der Waals surface area contributed by atoms with Crippen molar-refractivity contribution < 1.29 is 9.90 Å². The highest BCUT2D eigenvalue weighted by atomic mass is 79.9. The van der Waals surface area contributed by atoms with Gasteiger partial charge in [-0.2, -0.15) is 0 Å². The highest BCUT2D eigenvalue weighted by Gasteiger charge is 2.15. The zero-order valence-corrected chi connectivity index (χ0v) is 11.4. The number of rotatable bonds is 3. The topological polar surface area (TPSA) is 42.2 Å². The lowest BCUT2D eigenvalue weighted by atomic mass is 10.0. The summed E-state index contributed by atoms with van der Waals surface area (Å²) in [5.41, 5.74) is 2.21. The van der Waals surface area contributed by atoms with Crippen LogP contribution in [0.2, 0.25) is 0 Å². The smallest absolute Gasteiger partial charge is 0.306 e. The molecule has 2 rings (SSSR count). The van der Waals surface area contributed by atoms with Gasteiger partial charge in [0.05, 0.1) is 5.92 Å². The SMILES string of the molecule is CC(Cc1cn(C)c2cc(Br)ccc12)C(=O)O. The van der Waals surface area contributed by atoms with Crippen LogP contribution in [0.15, 0.2) is 28.9 Å². The number of hydrogen-bond acceptors (Lipinski definition) is 1. The Kier molecular flexibility index (Phi) is 3.24. The van der Waals surface area contributed by atoms with E-state index >= 15 is 0 Å². The average molecular weight is 296 g/mol. The van der Waals surface area contributed by atoms with E-state index in [9.17, 15) is 4.79 Å². The van der Waals surface area contributed by atoms with Crippen LogP contribution in [-0.2, 0) is 18.3 Å². The van der Waals surface area contributed by atoms with Crippen molar-refractivity contribution in [2.75, 3.05) is 0 Å². The number of benzene rings is 1. The molecule has 1 aromatic carbocycles. The third-order valence-corrected chi connectivity index (χ3v) is 3.48. The van der Waals surface area contributed by atoms with Crippen LogP contribution in [0.5, 0.6) is 0 Å². The second-order valence-electron chi connectivity index (χ2n) is 4.37. The molecule has 17 heavy (non-hydrogen) atoms. The molecule has 0 saturated heterocycles. The van der Waals surface area contributed by atoms with Gasteiger partial charge >= 0.3 is 5.97 Å². The summed E-state index contributed by atoms with van der Waals surface area (Å²) in [7, 11) is 1.98. The second-order valence-corrected chi connectivity index (χ2v) is 5.29. The van der Waals surface area contributed by atoms with Crippen LogP contribution in [0.25, 0.3) is 10.9 Å². The summed E-state index contributed by atoms with van der Waals surface area (Å²) in [6.07, 6.45) is 2.57. The Labute approximate surface area is 108 Å². The molecule has 3 nitrogen and oxygen atoms in total. The predicted octanol–water partition coefficient (Wildman–Crippen LogP) is 3.20. The molecular weight excluding hydrogens is 282 g/mol. The van der Waals surface area contributed by atoms with Crippen molar-refractivity contribution in [1.29, 1.82) is 0 Å². The standard InChI is InChI=1S/C13H14BrNO2/c1-8(13(16)17)5-9-7-15(2)12-6-10(14)3-4-11(9)12/h3-4,6-8H,5H2,1-2H3,(H,16,17). The van der Waals surface area contributed by atoms with E-state index in [1.165, 1.54) is 0 Å². The Morgan fingerprint density at radius 3 is 2.88 bits per heavy atom. The van der Waals surface area contributed by atoms with Gasteiger partial charge in [-0.15, -0.1) is 0 Å². The first kappa shape index (κ1) is 12.2. The molecule has 0 saturated carbocycles. The monoisotopic (exact) mass is 295 g/mol. The summed E-state index contributed by atoms with van der Waals surface area (Å²) in [5, 5.41) is 10.1. The van der Waals surface area contributed by atoms with E-state index in [-0.39, 0.29) is 5.92 Å². The Morgan fingerprint density at radius 2 is 2.24 bits per heavy atom. The largest absolute Gasteiger partial charge is 0.481 e. The maximum absolute atomic E-state index is 10.9. The molecule has 1 atom stereocenters. The minimum Gasteiger partial charge on any atom is -0.481 e. The Bertz CT molecular complexity index is 574. The van der Waals surface area contributed by atoms with Crippen LogP contribution in [0, 0.1) is 5.92 Å². The van der Waals surface area contributed by atoms with E-state index in [2.05, 4.69) is 15.9 Å². The Morgan fingerprint density at radius 1 is 1.53 bits per heavy atom. The Hall–Kier alpha value is -1.29. The first-order valence-electron chi connectivity index (χ1n) is 5.45. The number of fused-ring (bicyclic) bond motifs is 1. The van der Waals surface area contributed by atoms with Gasteiger partial charge in [0.1, 0.15) is 0 Å². The third kappa shape index (κ3) is 2.36. The maximum Gasteiger partial charge on any atom is 0.306 e. The average Bonchev–Trinajstić information content (AvgIpc) is 2.55. The van der Waals surface area contributed by atoms with Crippen molar-refractivity contribution in [2.45, 2.75) is 13.3 Å². The Balaban J connectivity index is 2.45. The van der Waals surface area contributed by atoms with E-state index < -0.39 is 5.97 Å². The lowest BCUT2D eigenvalue weighted by molar-refractivity contribution is -0.141. The number of aliphatic carboxylic acids is 1. The van der Waals surface area contributed by atoms with E-state index in [1.54, 1.807) is 6.92 Å². The van der Waals surface area contributed by atoms with Crippen LogP contribution in [-0.4, -0.2) is 15.6 Å². The molecule has 0 bridgehead atoms. The second kappa shape index (κ2) is 4.53. The number of aryl methyl sites for hydroxylation is 1. The molecule has 0 aliphatic rings. The first-order chi connectivity index (χ1) is 7.99. The first-order valence-corrected chi connectivity index (χ1v) is 6.24. The number of nitrogens with zero attached hydrogens (tertiary/aromatic N) is 1. The molecule has 1 N–H and O–H groups in total. The molecule has 1 heterocycles. The molecule has 0 fully saturated rings. The van der Waals surface area contributed by atoms with E-state index in [1.807, 2.05) is 36.0 Å². The van der Waals surface area contributed by atoms with Crippen LogP contribution < -0.4 is 0 Å². The molecule has 0 amide bonds. The number of halogens is 1. The summed E-state index contributed by atoms with van der Waals surface area (Å²) in [5.74, 6) is -1.11. The minimum absolute atomic E-state index is 0.357. The zero-order valence-electron chi connectivity index (χ0n) is 9.77. The summed E-state index contributed by atoms with van der Waals surface area (Å²) in [6, 6.07) is 6.06. The highest BCUT2D eigenvalue weighted by Crippen LogP contribution is 2.26. The quantitative estimate of drug-likeness (QED) is 0.945. The minimum atomic E-state index is -0.751. The number of carboxylic acids is 1. The molecule has 4 heteroatoms. The van der Waals surface area contributed by atoms with Crippen molar-refractivity contribution in [1.82, 2.24) is 4.57 Å². The lowest BCUT2D eigenvalue weighted by Gasteiger charge is -2.04. The predicted molar refractivity (Wildman–Crippen MR) is 71.1 cm³/mol. The van der Waals surface area contributed by atoms with Gasteiger partial charge in [-0.25, -0.2) is 0 Å². The van der Waals surface area contributed by atoms with Crippen LogP contribution in [0.1, 0.15) is 12.5 Å². The number of carboxylic acid groups (broad SMARTS) is 1. The van der Waals surface area contributed by atoms with Crippen molar-refractivity contribution in [3.63, 3.8) is 0 Å². The van der Waals surface area contributed by atoms with E-state index in [0.717, 1.165) is 20.9 Å². The normalized spacial score (nSPS) is 12.9. The number of hydrogen-bond donors (Lipinski definition) is 1. The highest BCUT2D eigenvalue weighted by molar-refractivity contribution is 9.10. The molecule has 0 aliphatic heterocycles. The van der Waals surface area contributed by atoms with E-state index in [0.29, 0.717) is 6.42 Å². The van der Waals surface area contributed by atoms with Gasteiger partial charge in [-0.05, 0) is 24.1 Å². The van der Waals surface area contributed by atoms with Crippen LogP contribution in [0.3, 0.4) is 0 Å². The van der Waals surface area contributed by atoms with Crippen LogP contribution >= 0.6 is 15.9 Å². The molecule has 1 aromatic heterocycles. The van der Waals surface area contributed by atoms with Crippen molar-refractivity contribution >= 4 is 32.8 Å². The van der Waals surface area contributed by atoms with Gasteiger partial charge in [-0.3, -0.25) is 4.79 Å². The number of carbonyl (C=O) groups is 1. The van der Waals surface area contributed by atoms with Crippen LogP contribution in [0.4, 0.5) is 0 Å². The zero-order chi connectivity index (χ0) is 12.6. The van der Waals surface area contributed by atoms with Gasteiger partial charge in [-0.1, -0.05) is 28.9 Å². The molecular formula is C13H14BrNO2. The third-order valence-electron chi connectivity index (χ3n) is 2.98. The van der Waals surface area contributed by atoms with Crippen molar-refractivity contribution in [3.8, 4) is 0 Å². The summed E-state index contributed by atoms with van der Waals surface area (Å²) < 4.78 is 3.06. The molecule has 1 unspecified atom stereocenters. The lowest BCUT2D eigenvalue weighted by Crippen LogP contribution is -2.11. The van der Waals surface area contributed by atoms with Gasteiger partial charge in [0.2, 0.25) is 0 Å². The fourth-order valence-electron chi connectivity index (χ4n) is 2.02. The fourth-order valence-corrected chi connectivity index (χ4v) is 2.37. The molecule has 0 radical (unpaired) electrons. The summed E-state index contributed by atoms with van der Waals surface area (Å²) >= 11 is 3.44. The van der Waals surface area contributed by atoms with Crippen molar-refractivity contribution in [2.24, 2.45) is 13.0 Å². The van der Waals surface area contributed by atoms with Gasteiger partial charge in [0.25, 0.3) is 0 Å². The summed E-state index contributed by atoms with van der Waals surface area (Å²) in [6.45, 7) is 1.74. The summed E-state index contributed by atoms with van der Waals surface area (Å²) in [4.78, 5) is 10.9. The van der Waals surface area contributed by atoms with Gasteiger partial charge < -0.3 is 9.67 Å². The molecule has 0 spiro atoms. The van der Waals surface area contributed by atoms with Gasteiger partial charge in [0.15, 0.2) is 0 Å². The van der Waals surface area contributed by atoms with Gasteiger partial charge in [0, 0.05) is 28.6 Å². The molecule has 90 valence electrons. The number of aromatic nitrogens is 1.